The van der Waals surface area contributed by atoms with Crippen molar-refractivity contribution in [2.75, 3.05) is 13.2 Å². The van der Waals surface area contributed by atoms with E-state index < -0.39 is 12.2 Å². The second kappa shape index (κ2) is 6.56. The number of para-hydroxylation sites is 2. The minimum Gasteiger partial charge on any atom is -0.486 e. The molecule has 1 aromatic heterocycles. The molecule has 2 atom stereocenters. The summed E-state index contributed by atoms with van der Waals surface area (Å²) in [6.07, 6.45) is -1.22. The Morgan fingerprint density at radius 3 is 2.50 bits per heavy atom. The van der Waals surface area contributed by atoms with E-state index in [1.165, 1.54) is 11.3 Å². The molecular formula is C20H18N2O5S. The maximum absolute atomic E-state index is 12.8. The molecule has 0 spiro atoms. The van der Waals surface area contributed by atoms with E-state index in [0.29, 0.717) is 41.0 Å². The van der Waals surface area contributed by atoms with Gasteiger partial charge in [-0.05, 0) is 19.1 Å². The summed E-state index contributed by atoms with van der Waals surface area (Å²) in [6.45, 7) is 2.87. The summed E-state index contributed by atoms with van der Waals surface area (Å²) < 4.78 is 25.8. The number of rotatable bonds is 1. The van der Waals surface area contributed by atoms with Crippen LogP contribution in [0.4, 0.5) is 0 Å². The van der Waals surface area contributed by atoms with Gasteiger partial charge in [-0.25, -0.2) is 0 Å². The molecule has 0 saturated heterocycles. The molecule has 0 N–H and O–H groups in total. The molecule has 2 aliphatic rings. The lowest BCUT2D eigenvalue weighted by Gasteiger charge is -2.29. The summed E-state index contributed by atoms with van der Waals surface area (Å²) in [5, 5.41) is 0. The molecule has 144 valence electrons. The van der Waals surface area contributed by atoms with Gasteiger partial charge in [0, 0.05) is 19.2 Å². The van der Waals surface area contributed by atoms with Gasteiger partial charge >= 0.3 is 0 Å². The number of amides is 1. The van der Waals surface area contributed by atoms with Gasteiger partial charge in [-0.3, -0.25) is 4.79 Å². The normalized spacial score (nSPS) is 21.0. The van der Waals surface area contributed by atoms with Crippen molar-refractivity contribution in [3.63, 3.8) is 0 Å². The predicted molar refractivity (Wildman–Crippen MR) is 103 cm³/mol. The number of hydrogen-bond donors (Lipinski definition) is 0. The third-order valence-electron chi connectivity index (χ3n) is 4.76. The number of carbonyl (C=O) groups excluding carboxylic acids is 1. The van der Waals surface area contributed by atoms with Gasteiger partial charge in [-0.1, -0.05) is 23.5 Å². The summed E-state index contributed by atoms with van der Waals surface area (Å²) in [5.41, 5.74) is 0.931. The summed E-state index contributed by atoms with van der Waals surface area (Å²) in [5.74, 6) is 2.24. The molecule has 0 radical (unpaired) electrons. The number of aryl methyl sites for hydroxylation is 1. The molecule has 28 heavy (non-hydrogen) atoms. The Labute approximate surface area is 164 Å². The lowest BCUT2D eigenvalue weighted by atomic mass is 10.1. The van der Waals surface area contributed by atoms with Gasteiger partial charge in [0.05, 0.1) is 10.2 Å². The maximum Gasteiger partial charge on any atom is 0.293 e. The average Bonchev–Trinajstić information content (AvgIpc) is 3.00. The largest absolute Gasteiger partial charge is 0.486 e. The van der Waals surface area contributed by atoms with Crippen LogP contribution in [0.3, 0.4) is 0 Å². The first-order valence-corrected chi connectivity index (χ1v) is 9.82. The average molecular weight is 398 g/mol. The van der Waals surface area contributed by atoms with E-state index in [9.17, 15) is 4.79 Å². The molecule has 0 saturated carbocycles. The zero-order valence-corrected chi connectivity index (χ0v) is 16.2. The first-order valence-electron chi connectivity index (χ1n) is 9.00. The van der Waals surface area contributed by atoms with E-state index in [4.69, 9.17) is 18.9 Å². The van der Waals surface area contributed by atoms with E-state index in [-0.39, 0.29) is 5.91 Å². The predicted octanol–water partition coefficient (Wildman–Crippen LogP) is 2.67. The Balaban J connectivity index is 1.51. The molecule has 0 bridgehead atoms. The minimum absolute atomic E-state index is 0.374. The molecule has 2 aromatic carbocycles. The zero-order valence-electron chi connectivity index (χ0n) is 15.4. The molecule has 3 heterocycles. The van der Waals surface area contributed by atoms with Crippen LogP contribution in [0.15, 0.2) is 41.4 Å². The van der Waals surface area contributed by atoms with Crippen LogP contribution in [0.25, 0.3) is 10.2 Å². The fraction of sp³-hybridized carbons (Fsp3) is 0.300. The highest BCUT2D eigenvalue weighted by molar-refractivity contribution is 7.16. The van der Waals surface area contributed by atoms with Crippen LogP contribution in [0.2, 0.25) is 0 Å². The summed E-state index contributed by atoms with van der Waals surface area (Å²) >= 11 is 1.42. The van der Waals surface area contributed by atoms with Crippen molar-refractivity contribution in [1.82, 2.24) is 4.57 Å². The lowest BCUT2D eigenvalue weighted by Crippen LogP contribution is -2.43. The fourth-order valence-electron chi connectivity index (χ4n) is 3.32. The van der Waals surface area contributed by atoms with Crippen molar-refractivity contribution < 1.29 is 23.7 Å². The minimum atomic E-state index is -0.792. The van der Waals surface area contributed by atoms with E-state index in [1.807, 2.05) is 48.9 Å². The Morgan fingerprint density at radius 1 is 1.07 bits per heavy atom. The molecule has 5 rings (SSSR count). The van der Waals surface area contributed by atoms with Crippen molar-refractivity contribution in [3.8, 4) is 23.0 Å². The van der Waals surface area contributed by atoms with Crippen molar-refractivity contribution in [3.05, 3.63) is 41.2 Å². The van der Waals surface area contributed by atoms with Gasteiger partial charge in [0.15, 0.2) is 27.8 Å². The highest BCUT2D eigenvalue weighted by Crippen LogP contribution is 2.36. The number of benzene rings is 2. The van der Waals surface area contributed by atoms with Gasteiger partial charge in [-0.15, -0.1) is 0 Å². The van der Waals surface area contributed by atoms with Gasteiger partial charge < -0.3 is 23.5 Å². The number of ether oxygens (including phenoxy) is 4. The van der Waals surface area contributed by atoms with Crippen molar-refractivity contribution in [2.45, 2.75) is 19.1 Å². The standard InChI is InChI=1S/C20H18N2O5S/c1-11-18(27-14-6-4-3-5-13(14)26-11)19(23)21-20-22(2)12-9-15-16(10-17(12)28-20)25-8-7-24-15/h3-6,9-11,18H,7-8H2,1-2H3. The topological polar surface area (TPSA) is 71.3 Å². The van der Waals surface area contributed by atoms with Crippen molar-refractivity contribution >= 4 is 27.5 Å². The molecule has 1 amide bonds. The van der Waals surface area contributed by atoms with Gasteiger partial charge in [0.1, 0.15) is 19.3 Å². The van der Waals surface area contributed by atoms with E-state index in [0.717, 1.165) is 10.2 Å². The number of fused-ring (bicyclic) bond motifs is 3. The van der Waals surface area contributed by atoms with Crippen LogP contribution in [0.1, 0.15) is 6.92 Å². The molecular weight excluding hydrogens is 380 g/mol. The van der Waals surface area contributed by atoms with Crippen molar-refractivity contribution in [1.29, 1.82) is 0 Å². The van der Waals surface area contributed by atoms with Crippen LogP contribution in [-0.4, -0.2) is 35.9 Å². The second-order valence-corrected chi connectivity index (χ2v) is 7.67. The molecule has 0 fully saturated rings. The molecule has 8 heteroatoms. The second-order valence-electron chi connectivity index (χ2n) is 6.67. The SMILES string of the molecule is CC1Oc2ccccc2OC1C(=O)N=c1sc2cc3c(cc2n1C)OCCO3. The lowest BCUT2D eigenvalue weighted by molar-refractivity contribution is -0.130. The van der Waals surface area contributed by atoms with Gasteiger partial charge in [0.2, 0.25) is 6.10 Å². The first kappa shape index (κ1) is 17.1. The third-order valence-corrected chi connectivity index (χ3v) is 5.86. The zero-order chi connectivity index (χ0) is 19.3. The monoisotopic (exact) mass is 398 g/mol. The molecule has 2 aliphatic heterocycles. The number of aromatic nitrogens is 1. The highest BCUT2D eigenvalue weighted by atomic mass is 32.1. The Hall–Kier alpha value is -3.00. The van der Waals surface area contributed by atoms with Crippen LogP contribution >= 0.6 is 11.3 Å². The van der Waals surface area contributed by atoms with Crippen LogP contribution in [0, 0.1) is 0 Å². The van der Waals surface area contributed by atoms with Crippen molar-refractivity contribution in [2.24, 2.45) is 12.0 Å². The maximum atomic E-state index is 12.8. The summed E-state index contributed by atoms with van der Waals surface area (Å²) in [7, 11) is 1.87. The van der Waals surface area contributed by atoms with Gasteiger partial charge in [0.25, 0.3) is 5.91 Å². The Bertz CT molecular complexity index is 1150. The summed E-state index contributed by atoms with van der Waals surface area (Å²) in [4.78, 5) is 17.8. The highest BCUT2D eigenvalue weighted by Gasteiger charge is 2.34. The smallest absolute Gasteiger partial charge is 0.293 e. The molecule has 7 nitrogen and oxygen atoms in total. The van der Waals surface area contributed by atoms with Crippen LogP contribution in [0.5, 0.6) is 23.0 Å². The number of hydrogen-bond acceptors (Lipinski definition) is 6. The Morgan fingerprint density at radius 2 is 1.75 bits per heavy atom. The van der Waals surface area contributed by atoms with E-state index in [2.05, 4.69) is 4.99 Å². The molecule has 0 aliphatic carbocycles. The van der Waals surface area contributed by atoms with Gasteiger partial charge in [-0.2, -0.15) is 4.99 Å². The third kappa shape index (κ3) is 2.80. The van der Waals surface area contributed by atoms with E-state index in [1.54, 1.807) is 6.07 Å². The fourth-order valence-corrected chi connectivity index (χ4v) is 4.35. The molecule has 3 aromatic rings. The Kier molecular flexibility index (Phi) is 4.01. The van der Waals surface area contributed by atoms with Crippen LogP contribution < -0.4 is 23.7 Å². The number of carbonyl (C=O) groups is 1. The molecule has 2 unspecified atom stereocenters. The quantitative estimate of drug-likeness (QED) is 0.630. The number of nitrogens with zero attached hydrogens (tertiary/aromatic N) is 2. The van der Waals surface area contributed by atoms with E-state index >= 15 is 0 Å². The first-order chi connectivity index (χ1) is 13.6. The summed E-state index contributed by atoms with van der Waals surface area (Å²) in [6, 6.07) is 11.2. The number of thiazole rings is 1. The van der Waals surface area contributed by atoms with Crippen LogP contribution in [-0.2, 0) is 11.8 Å².